The Hall–Kier alpha value is -3.52. The molecule has 2 aliphatic heterocycles. The third kappa shape index (κ3) is 3.77. The lowest BCUT2D eigenvalue weighted by molar-refractivity contribution is -0.194. The number of ether oxygens (including phenoxy) is 3. The third-order valence-electron chi connectivity index (χ3n) is 5.95. The predicted octanol–water partition coefficient (Wildman–Crippen LogP) is 4.58. The summed E-state index contributed by atoms with van der Waals surface area (Å²) in [6, 6.07) is 17.3. The van der Waals surface area contributed by atoms with Crippen molar-refractivity contribution in [3.8, 4) is 17.2 Å². The summed E-state index contributed by atoms with van der Waals surface area (Å²) in [6.45, 7) is 0.262. The van der Waals surface area contributed by atoms with Gasteiger partial charge in [0.25, 0.3) is 5.79 Å². The minimum atomic E-state index is -1.98. The maximum absolute atomic E-state index is 13.2. The number of hydrogen-bond donors (Lipinski definition) is 1. The number of halogens is 1. The molecule has 0 bridgehead atoms. The second-order valence-electron chi connectivity index (χ2n) is 7.93. The highest BCUT2D eigenvalue weighted by atomic mass is 35.5. The van der Waals surface area contributed by atoms with Crippen LogP contribution in [0.1, 0.15) is 22.3 Å². The van der Waals surface area contributed by atoms with Gasteiger partial charge >= 0.3 is 5.97 Å². The first-order valence-corrected chi connectivity index (χ1v) is 10.9. The molecule has 3 aromatic carbocycles. The molecule has 0 fully saturated rings. The fraction of sp³-hybridized carbons (Fsp3) is 0.192. The average Bonchev–Trinajstić information content (AvgIpc) is 3.41. The molecule has 2 aliphatic rings. The lowest BCUT2D eigenvalue weighted by Gasteiger charge is -2.26. The van der Waals surface area contributed by atoms with Crippen molar-refractivity contribution in [3.05, 3.63) is 93.5 Å². The summed E-state index contributed by atoms with van der Waals surface area (Å²) in [6.07, 6.45) is 0.206. The number of aliphatic hydroxyl groups is 1. The Kier molecular flexibility index (Phi) is 5.69. The van der Waals surface area contributed by atoms with E-state index in [0.29, 0.717) is 39.0 Å². The van der Waals surface area contributed by atoms with Crippen molar-refractivity contribution in [1.82, 2.24) is 0 Å². The zero-order valence-corrected chi connectivity index (χ0v) is 19.2. The van der Waals surface area contributed by atoms with Crippen molar-refractivity contribution >= 4 is 23.1 Å². The second kappa shape index (κ2) is 8.68. The standard InChI is InChI=1S/C26H21ClO7/c1-30-19-7-5-18(6-8-19)26(29)20(11-15-3-9-23(31-2)21(27)12-15)24(25(28)33-26)16-4-10-22-17(13-16)14-32-34-22/h3-10,12-13,29H,11,14H2,1-2H3. The van der Waals surface area contributed by atoms with Crippen LogP contribution in [-0.4, -0.2) is 25.3 Å². The van der Waals surface area contributed by atoms with E-state index in [-0.39, 0.29) is 18.6 Å². The average molecular weight is 481 g/mol. The first kappa shape index (κ1) is 22.3. The minimum absolute atomic E-state index is 0.206. The van der Waals surface area contributed by atoms with E-state index in [0.717, 1.165) is 11.1 Å². The molecule has 0 radical (unpaired) electrons. The Labute approximate surface area is 201 Å². The van der Waals surface area contributed by atoms with Crippen LogP contribution in [0.15, 0.2) is 66.2 Å². The Morgan fingerprint density at radius 1 is 1.03 bits per heavy atom. The van der Waals surface area contributed by atoms with Crippen LogP contribution in [0, 0.1) is 0 Å². The van der Waals surface area contributed by atoms with Gasteiger partial charge in [-0.05, 0) is 59.7 Å². The topological polar surface area (TPSA) is 83.5 Å². The van der Waals surface area contributed by atoms with Gasteiger partial charge in [0, 0.05) is 23.1 Å². The summed E-state index contributed by atoms with van der Waals surface area (Å²) in [4.78, 5) is 23.3. The quantitative estimate of drug-likeness (QED) is 0.408. The van der Waals surface area contributed by atoms with Crippen LogP contribution < -0.4 is 14.4 Å². The van der Waals surface area contributed by atoms with E-state index in [4.69, 9.17) is 35.6 Å². The number of cyclic esters (lactones) is 1. The van der Waals surface area contributed by atoms with Gasteiger partial charge in [-0.15, -0.1) is 0 Å². The Balaban J connectivity index is 1.66. The molecule has 34 heavy (non-hydrogen) atoms. The molecule has 7 nitrogen and oxygen atoms in total. The predicted molar refractivity (Wildman–Crippen MR) is 123 cm³/mol. The Morgan fingerprint density at radius 3 is 2.53 bits per heavy atom. The van der Waals surface area contributed by atoms with E-state index in [1.165, 1.54) is 7.11 Å². The minimum Gasteiger partial charge on any atom is -0.497 e. The van der Waals surface area contributed by atoms with Gasteiger partial charge in [0.15, 0.2) is 5.75 Å². The van der Waals surface area contributed by atoms with Crippen LogP contribution in [0.2, 0.25) is 5.02 Å². The first-order chi connectivity index (χ1) is 16.4. The molecular weight excluding hydrogens is 460 g/mol. The molecule has 8 heteroatoms. The number of carbonyl (C=O) groups excluding carboxylic acids is 1. The van der Waals surface area contributed by atoms with E-state index >= 15 is 0 Å². The van der Waals surface area contributed by atoms with Crippen LogP contribution in [0.25, 0.3) is 5.57 Å². The molecule has 2 heterocycles. The molecule has 1 atom stereocenters. The molecule has 1 unspecified atom stereocenters. The zero-order valence-electron chi connectivity index (χ0n) is 18.5. The zero-order chi connectivity index (χ0) is 23.9. The third-order valence-corrected chi connectivity index (χ3v) is 6.24. The number of fused-ring (bicyclic) bond motifs is 1. The summed E-state index contributed by atoms with van der Waals surface area (Å²) in [7, 11) is 3.09. The van der Waals surface area contributed by atoms with Crippen molar-refractivity contribution in [2.24, 2.45) is 0 Å². The fourth-order valence-electron chi connectivity index (χ4n) is 4.20. The molecule has 0 aliphatic carbocycles. The van der Waals surface area contributed by atoms with Crippen LogP contribution in [0.3, 0.4) is 0 Å². The summed E-state index contributed by atoms with van der Waals surface area (Å²) < 4.78 is 16.1. The van der Waals surface area contributed by atoms with Crippen molar-refractivity contribution in [2.45, 2.75) is 18.8 Å². The first-order valence-electron chi connectivity index (χ1n) is 10.5. The van der Waals surface area contributed by atoms with Crippen molar-refractivity contribution < 1.29 is 33.9 Å². The second-order valence-corrected chi connectivity index (χ2v) is 8.34. The van der Waals surface area contributed by atoms with Crippen LogP contribution in [0.5, 0.6) is 17.2 Å². The molecule has 0 aromatic heterocycles. The number of esters is 1. The highest BCUT2D eigenvalue weighted by Crippen LogP contribution is 2.46. The lowest BCUT2D eigenvalue weighted by Crippen LogP contribution is -2.29. The van der Waals surface area contributed by atoms with Gasteiger partial charge in [-0.2, -0.15) is 4.89 Å². The normalized spacial score (nSPS) is 19.0. The monoisotopic (exact) mass is 480 g/mol. The molecule has 1 N–H and O–H groups in total. The summed E-state index contributed by atoms with van der Waals surface area (Å²) >= 11 is 6.34. The van der Waals surface area contributed by atoms with Gasteiger partial charge in [-0.3, -0.25) is 0 Å². The molecule has 0 amide bonds. The van der Waals surface area contributed by atoms with Gasteiger partial charge in [0.05, 0.1) is 24.8 Å². The van der Waals surface area contributed by atoms with E-state index < -0.39 is 11.8 Å². The fourth-order valence-corrected chi connectivity index (χ4v) is 4.48. The largest absolute Gasteiger partial charge is 0.497 e. The lowest BCUT2D eigenvalue weighted by atomic mass is 9.87. The van der Waals surface area contributed by atoms with E-state index in [2.05, 4.69) is 0 Å². The highest BCUT2D eigenvalue weighted by Gasteiger charge is 2.48. The van der Waals surface area contributed by atoms with Crippen molar-refractivity contribution in [2.75, 3.05) is 14.2 Å². The molecule has 0 saturated heterocycles. The molecule has 0 saturated carbocycles. The Bertz CT molecular complexity index is 1300. The van der Waals surface area contributed by atoms with Crippen molar-refractivity contribution in [3.63, 3.8) is 0 Å². The summed E-state index contributed by atoms with van der Waals surface area (Å²) in [5.74, 6) is -0.875. The summed E-state index contributed by atoms with van der Waals surface area (Å²) in [5.41, 5.74) is 3.24. The maximum atomic E-state index is 13.2. The number of benzene rings is 3. The van der Waals surface area contributed by atoms with Gasteiger partial charge in [-0.1, -0.05) is 23.7 Å². The molecule has 0 spiro atoms. The van der Waals surface area contributed by atoms with Crippen molar-refractivity contribution in [1.29, 1.82) is 0 Å². The number of hydrogen-bond acceptors (Lipinski definition) is 7. The van der Waals surface area contributed by atoms with Crippen LogP contribution in [-0.2, 0) is 33.2 Å². The van der Waals surface area contributed by atoms with E-state index in [1.54, 1.807) is 61.7 Å². The number of carbonyl (C=O) groups is 1. The number of methoxy groups -OCH3 is 2. The van der Waals surface area contributed by atoms with Gasteiger partial charge in [0.2, 0.25) is 0 Å². The van der Waals surface area contributed by atoms with Gasteiger partial charge < -0.3 is 24.2 Å². The molecule has 3 aromatic rings. The van der Waals surface area contributed by atoms with Crippen LogP contribution >= 0.6 is 11.6 Å². The Morgan fingerprint density at radius 2 is 1.82 bits per heavy atom. The number of rotatable bonds is 6. The van der Waals surface area contributed by atoms with Crippen LogP contribution in [0.4, 0.5) is 0 Å². The van der Waals surface area contributed by atoms with E-state index in [1.807, 2.05) is 6.07 Å². The smallest absolute Gasteiger partial charge is 0.341 e. The summed E-state index contributed by atoms with van der Waals surface area (Å²) in [5, 5.41) is 12.2. The molecule has 5 rings (SSSR count). The SMILES string of the molecule is COc1ccc(C2(O)OC(=O)C(c3ccc4c(c3)COO4)=C2Cc2ccc(OC)c(Cl)c2)cc1. The maximum Gasteiger partial charge on any atom is 0.341 e. The van der Waals surface area contributed by atoms with E-state index in [9.17, 15) is 9.90 Å². The van der Waals surface area contributed by atoms with Gasteiger partial charge in [0.1, 0.15) is 18.1 Å². The van der Waals surface area contributed by atoms with Gasteiger partial charge in [-0.25, -0.2) is 4.79 Å². The molecule has 174 valence electrons. The highest BCUT2D eigenvalue weighted by molar-refractivity contribution is 6.32. The molecular formula is C26H21ClO7.